The third kappa shape index (κ3) is 9.09. The molecule has 1 aromatic carbocycles. The molecule has 5 aliphatic rings. The van der Waals surface area contributed by atoms with Crippen molar-refractivity contribution >= 4 is 46.5 Å². The van der Waals surface area contributed by atoms with Crippen molar-refractivity contribution in [1.82, 2.24) is 39.5 Å². The first-order valence-corrected chi connectivity index (χ1v) is 21.3. The number of halogens is 2. The summed E-state index contributed by atoms with van der Waals surface area (Å²) < 4.78 is 54.8. The van der Waals surface area contributed by atoms with E-state index >= 15 is 0 Å². The summed E-state index contributed by atoms with van der Waals surface area (Å²) in [5.74, 6) is -1.30. The Bertz CT molecular complexity index is 2320. The number of nitrogens with zero attached hydrogens (tertiary/aromatic N) is 8. The Balaban J connectivity index is 0.701. The van der Waals surface area contributed by atoms with E-state index in [1.165, 1.54) is 21.6 Å². The Morgan fingerprint density at radius 2 is 1.81 bits per heavy atom. The van der Waals surface area contributed by atoms with Crippen molar-refractivity contribution in [2.24, 2.45) is 0 Å². The van der Waals surface area contributed by atoms with Gasteiger partial charge >= 0.3 is 0 Å². The number of anilines is 3. The van der Waals surface area contributed by atoms with Crippen LogP contribution in [0.15, 0.2) is 42.9 Å². The van der Waals surface area contributed by atoms with E-state index in [0.717, 1.165) is 30.8 Å². The van der Waals surface area contributed by atoms with E-state index in [9.17, 15) is 33.1 Å². The molecule has 22 heteroatoms. The van der Waals surface area contributed by atoms with E-state index in [1.54, 1.807) is 30.5 Å². The number of hydrogen-bond acceptors (Lipinski definition) is 15. The number of aliphatic hydroxyl groups is 1. The van der Waals surface area contributed by atoms with E-state index < -0.39 is 54.4 Å². The number of fused-ring (bicyclic) bond motifs is 2. The molecule has 4 amide bonds. The number of ether oxygens (including phenoxy) is 4. The number of alkyl halides is 2. The molecule has 8 heterocycles. The number of nitrogens with one attached hydrogen (secondary N) is 3. The van der Waals surface area contributed by atoms with Gasteiger partial charge in [0, 0.05) is 70.4 Å². The minimum Gasteiger partial charge on any atom is -0.384 e. The van der Waals surface area contributed by atoms with Gasteiger partial charge in [0.1, 0.15) is 17.6 Å². The maximum absolute atomic E-state index is 14.2. The highest BCUT2D eigenvalue weighted by Crippen LogP contribution is 2.34. The number of aliphatic hydroxyl groups excluding tert-OH is 1. The SMILES string of the molecule is O=C1CCC(N2C(=O)c3cccc(NCCCOC4CCN(CC5OCC(n6cc(NC(=O)c7cnn8ccc(N9CCOCC9)nc78)c(C(F)F)n6)CO5)CC4)c3C2=O)C(O)N1. The topological polar surface area (TPSA) is 219 Å². The first-order chi connectivity index (χ1) is 30.6. The first kappa shape index (κ1) is 42.6. The van der Waals surface area contributed by atoms with E-state index in [2.05, 4.69) is 36.0 Å². The Morgan fingerprint density at radius 1 is 1.02 bits per heavy atom. The summed E-state index contributed by atoms with van der Waals surface area (Å²) in [6, 6.07) is 5.51. The lowest BCUT2D eigenvalue weighted by atomic mass is 10.0. The summed E-state index contributed by atoms with van der Waals surface area (Å²) in [6.45, 7) is 5.86. The van der Waals surface area contributed by atoms with E-state index in [1.807, 2.05) is 4.90 Å². The third-order valence-corrected chi connectivity index (χ3v) is 12.0. The number of carbonyl (C=O) groups is 4. The van der Waals surface area contributed by atoms with Crippen molar-refractivity contribution in [2.75, 3.05) is 87.8 Å². The molecule has 0 aliphatic carbocycles. The number of imide groups is 1. The largest absolute Gasteiger partial charge is 0.384 e. The molecule has 3 aromatic heterocycles. The minimum absolute atomic E-state index is 0.0742. The number of carbonyl (C=O) groups excluding carboxylic acids is 4. The van der Waals surface area contributed by atoms with Crippen LogP contribution < -0.4 is 20.9 Å². The van der Waals surface area contributed by atoms with E-state index in [0.29, 0.717) is 69.6 Å². The molecule has 2 unspecified atom stereocenters. The lowest BCUT2D eigenvalue weighted by Crippen LogP contribution is -2.57. The van der Waals surface area contributed by atoms with Crippen LogP contribution in [0.4, 0.5) is 26.0 Å². The highest BCUT2D eigenvalue weighted by Gasteiger charge is 2.45. The molecular formula is C41H49F2N11O9. The van der Waals surface area contributed by atoms with Gasteiger partial charge in [-0.25, -0.2) is 18.3 Å². The van der Waals surface area contributed by atoms with Crippen molar-refractivity contribution in [3.05, 3.63) is 65.2 Å². The maximum Gasteiger partial charge on any atom is 0.284 e. The molecule has 9 rings (SSSR count). The number of benzene rings is 1. The Labute approximate surface area is 359 Å². The van der Waals surface area contributed by atoms with E-state index in [-0.39, 0.29) is 60.4 Å². The zero-order valence-electron chi connectivity index (χ0n) is 34.4. The molecular weight excluding hydrogens is 829 g/mol. The van der Waals surface area contributed by atoms with Gasteiger partial charge in [-0.1, -0.05) is 6.07 Å². The van der Waals surface area contributed by atoms with Crippen LogP contribution in [0.1, 0.15) is 81.3 Å². The van der Waals surface area contributed by atoms with Gasteiger partial charge in [0.25, 0.3) is 24.1 Å². The Kier molecular flexibility index (Phi) is 12.6. The van der Waals surface area contributed by atoms with Crippen LogP contribution in [-0.4, -0.2) is 160 Å². The zero-order chi connectivity index (χ0) is 43.6. The average molecular weight is 878 g/mol. The van der Waals surface area contributed by atoms with Gasteiger partial charge in [0.2, 0.25) is 5.91 Å². The van der Waals surface area contributed by atoms with Gasteiger partial charge in [-0.3, -0.25) is 33.7 Å². The second-order valence-electron chi connectivity index (χ2n) is 16.1. The molecule has 0 bridgehead atoms. The smallest absolute Gasteiger partial charge is 0.284 e. The van der Waals surface area contributed by atoms with E-state index in [4.69, 9.17) is 18.9 Å². The quantitative estimate of drug-likeness (QED) is 0.105. The molecule has 4 saturated heterocycles. The molecule has 5 aliphatic heterocycles. The monoisotopic (exact) mass is 877 g/mol. The average Bonchev–Trinajstić information content (AvgIpc) is 3.99. The van der Waals surface area contributed by atoms with Gasteiger partial charge in [-0.15, -0.1) is 0 Å². The summed E-state index contributed by atoms with van der Waals surface area (Å²) in [5, 5.41) is 27.0. The highest BCUT2D eigenvalue weighted by molar-refractivity contribution is 6.24. The van der Waals surface area contributed by atoms with Crippen molar-refractivity contribution in [1.29, 1.82) is 0 Å². The predicted molar refractivity (Wildman–Crippen MR) is 219 cm³/mol. The summed E-state index contributed by atoms with van der Waals surface area (Å²) in [5.41, 5.74) is 0.781. The van der Waals surface area contributed by atoms with Crippen LogP contribution in [0, 0.1) is 0 Å². The Morgan fingerprint density at radius 3 is 2.57 bits per heavy atom. The molecule has 4 N–H and O–H groups in total. The molecule has 20 nitrogen and oxygen atoms in total. The fourth-order valence-corrected chi connectivity index (χ4v) is 8.63. The maximum atomic E-state index is 14.2. The van der Waals surface area contributed by atoms with Crippen molar-refractivity contribution in [3.8, 4) is 0 Å². The second-order valence-corrected chi connectivity index (χ2v) is 16.1. The predicted octanol–water partition coefficient (Wildman–Crippen LogP) is 2.04. The number of morpholine rings is 1. The van der Waals surface area contributed by atoms with Gasteiger partial charge < -0.3 is 44.9 Å². The van der Waals surface area contributed by atoms with Crippen LogP contribution in [0.5, 0.6) is 0 Å². The fraction of sp³-hybridized carbons (Fsp3) is 0.537. The molecule has 0 spiro atoms. The summed E-state index contributed by atoms with van der Waals surface area (Å²) >= 11 is 0. The van der Waals surface area contributed by atoms with Gasteiger partial charge in [0.05, 0.1) is 67.6 Å². The van der Waals surface area contributed by atoms with Gasteiger partial charge in [0.15, 0.2) is 17.6 Å². The normalized spacial score (nSPS) is 23.7. The van der Waals surface area contributed by atoms with Crippen molar-refractivity contribution in [3.63, 3.8) is 0 Å². The number of piperidine rings is 2. The fourth-order valence-electron chi connectivity index (χ4n) is 8.63. The molecule has 63 heavy (non-hydrogen) atoms. The lowest BCUT2D eigenvalue weighted by Gasteiger charge is -2.36. The molecule has 0 radical (unpaired) electrons. The molecule has 336 valence electrons. The molecule has 4 aromatic rings. The molecule has 4 fully saturated rings. The molecule has 0 saturated carbocycles. The van der Waals surface area contributed by atoms with Crippen LogP contribution in [0.25, 0.3) is 5.65 Å². The van der Waals surface area contributed by atoms with Gasteiger partial charge in [-0.2, -0.15) is 10.2 Å². The van der Waals surface area contributed by atoms with Crippen LogP contribution >= 0.6 is 0 Å². The third-order valence-electron chi connectivity index (χ3n) is 12.0. The van der Waals surface area contributed by atoms with Gasteiger partial charge in [-0.05, 0) is 43.9 Å². The number of likely N-dealkylation sites (tertiary alicyclic amines) is 1. The lowest BCUT2D eigenvalue weighted by molar-refractivity contribution is -0.206. The summed E-state index contributed by atoms with van der Waals surface area (Å²) in [7, 11) is 0. The van der Waals surface area contributed by atoms with Crippen LogP contribution in [-0.2, 0) is 23.7 Å². The second kappa shape index (κ2) is 18.6. The number of rotatable bonds is 14. The summed E-state index contributed by atoms with van der Waals surface area (Å²) in [6.07, 6.45) is 2.31. The van der Waals surface area contributed by atoms with Crippen molar-refractivity contribution < 1.29 is 52.0 Å². The van der Waals surface area contributed by atoms with Crippen molar-refractivity contribution in [2.45, 2.75) is 69.2 Å². The number of hydrogen-bond donors (Lipinski definition) is 4. The first-order valence-electron chi connectivity index (χ1n) is 21.3. The molecule has 2 atom stereocenters. The van der Waals surface area contributed by atoms with Crippen LogP contribution in [0.3, 0.4) is 0 Å². The summed E-state index contributed by atoms with van der Waals surface area (Å²) in [4.78, 5) is 61.6. The highest BCUT2D eigenvalue weighted by atomic mass is 19.3. The zero-order valence-corrected chi connectivity index (χ0v) is 34.4. The minimum atomic E-state index is -2.95. The standard InChI is InChI=1S/C41H49F2N11O9/c42-36(43)35-29(46-38(56)27-19-45-52-13-9-31(47-37(27)52)51-14-17-60-18-15-51)20-53(49-35)24-22-62-33(63-23-24)21-50-11-7-25(8-12-50)61-16-2-10-44-28-4-1-3-26-34(28)41(59)54(40(26)58)30-5-6-32(55)48-39(30)57/h1,3-4,9,13,19-20,24-25,30,33,36,39,44,57H,2,5-8,10-12,14-18,21-23H2,(H,46,56)(H,48,55). The Hall–Kier alpha value is -5.65. The van der Waals surface area contributed by atoms with Crippen LogP contribution in [0.2, 0.25) is 0 Å². The number of amides is 4. The number of aromatic nitrogens is 5.